The third-order valence-electron chi connectivity index (χ3n) is 4.00. The van der Waals surface area contributed by atoms with Crippen LogP contribution in [0.15, 0.2) is 48.5 Å². The van der Waals surface area contributed by atoms with Crippen LogP contribution in [0.2, 0.25) is 0 Å². The molecule has 0 aliphatic carbocycles. The highest BCUT2D eigenvalue weighted by Gasteiger charge is 2.09. The molecule has 6 heteroatoms. The molecule has 0 spiro atoms. The topological polar surface area (TPSA) is 84.5 Å². The van der Waals surface area contributed by atoms with Crippen molar-refractivity contribution in [2.24, 2.45) is 0 Å². The van der Waals surface area contributed by atoms with Gasteiger partial charge in [-0.05, 0) is 61.4 Å². The summed E-state index contributed by atoms with van der Waals surface area (Å²) in [7, 11) is 0. The molecule has 0 heterocycles. The van der Waals surface area contributed by atoms with Crippen molar-refractivity contribution in [3.8, 4) is 0 Å². The first-order chi connectivity index (χ1) is 13.5. The fraction of sp³-hybridized carbons (Fsp3) is 0.318. The summed E-state index contributed by atoms with van der Waals surface area (Å²) in [4.78, 5) is 35.9. The van der Waals surface area contributed by atoms with Crippen molar-refractivity contribution in [3.63, 3.8) is 0 Å². The summed E-state index contributed by atoms with van der Waals surface area (Å²) in [6, 6.07) is 13.2. The summed E-state index contributed by atoms with van der Waals surface area (Å²) in [6.45, 7) is 4.34. The number of carbonyl (C=O) groups is 3. The fourth-order valence-electron chi connectivity index (χ4n) is 2.44. The van der Waals surface area contributed by atoms with Gasteiger partial charge in [0, 0.05) is 23.4 Å². The highest BCUT2D eigenvalue weighted by molar-refractivity contribution is 6.05. The van der Waals surface area contributed by atoms with Gasteiger partial charge in [0.1, 0.15) is 0 Å². The molecule has 0 aliphatic rings. The zero-order chi connectivity index (χ0) is 20.4. The molecular formula is C22H26N2O4. The molecule has 0 bridgehead atoms. The van der Waals surface area contributed by atoms with Crippen molar-refractivity contribution in [3.05, 3.63) is 59.7 Å². The van der Waals surface area contributed by atoms with Crippen LogP contribution in [0.3, 0.4) is 0 Å². The van der Waals surface area contributed by atoms with Crippen molar-refractivity contribution >= 4 is 29.2 Å². The zero-order valence-corrected chi connectivity index (χ0v) is 16.3. The number of esters is 1. The van der Waals surface area contributed by atoms with Crippen LogP contribution >= 0.6 is 0 Å². The monoisotopic (exact) mass is 382 g/mol. The van der Waals surface area contributed by atoms with Crippen molar-refractivity contribution in [2.45, 2.75) is 39.5 Å². The second kappa shape index (κ2) is 10.9. The van der Waals surface area contributed by atoms with Crippen LogP contribution in [0, 0.1) is 0 Å². The van der Waals surface area contributed by atoms with E-state index >= 15 is 0 Å². The number of ether oxygens (including phenoxy) is 1. The first-order valence-corrected chi connectivity index (χ1v) is 9.52. The molecule has 2 N–H and O–H groups in total. The van der Waals surface area contributed by atoms with E-state index in [0.717, 1.165) is 19.3 Å². The molecule has 0 saturated carbocycles. The molecule has 0 unspecified atom stereocenters. The first-order valence-electron chi connectivity index (χ1n) is 9.52. The summed E-state index contributed by atoms with van der Waals surface area (Å²) in [5, 5.41) is 5.59. The van der Waals surface area contributed by atoms with E-state index in [9.17, 15) is 14.4 Å². The Morgan fingerprint density at radius 2 is 1.36 bits per heavy atom. The molecule has 2 rings (SSSR count). The summed E-state index contributed by atoms with van der Waals surface area (Å²) >= 11 is 0. The molecule has 2 amide bonds. The van der Waals surface area contributed by atoms with Crippen LogP contribution in [0.5, 0.6) is 0 Å². The number of rotatable bonds is 9. The predicted octanol–water partition coefficient (Wildman–Crippen LogP) is 4.63. The second-order valence-electron chi connectivity index (χ2n) is 6.40. The van der Waals surface area contributed by atoms with Gasteiger partial charge < -0.3 is 15.4 Å². The number of carbonyl (C=O) groups excluding carboxylic acids is 3. The molecule has 148 valence electrons. The zero-order valence-electron chi connectivity index (χ0n) is 16.3. The van der Waals surface area contributed by atoms with E-state index in [1.165, 1.54) is 0 Å². The molecule has 2 aromatic carbocycles. The number of hydrogen-bond donors (Lipinski definition) is 2. The van der Waals surface area contributed by atoms with E-state index in [1.54, 1.807) is 48.5 Å². The Bertz CT molecular complexity index is 798. The van der Waals surface area contributed by atoms with Gasteiger partial charge in [-0.25, -0.2) is 4.79 Å². The Morgan fingerprint density at radius 3 is 1.93 bits per heavy atom. The Hall–Kier alpha value is -3.15. The normalized spacial score (nSPS) is 10.2. The summed E-state index contributed by atoms with van der Waals surface area (Å²) < 4.78 is 5.07. The third-order valence-corrected chi connectivity index (χ3v) is 4.00. The fourth-order valence-corrected chi connectivity index (χ4v) is 2.44. The summed E-state index contributed by atoms with van der Waals surface area (Å²) in [5.74, 6) is -0.682. The van der Waals surface area contributed by atoms with Crippen LogP contribution in [-0.4, -0.2) is 24.4 Å². The number of amides is 2. The van der Waals surface area contributed by atoms with Crippen LogP contribution in [0.1, 0.15) is 60.2 Å². The van der Waals surface area contributed by atoms with Gasteiger partial charge in [-0.2, -0.15) is 0 Å². The lowest BCUT2D eigenvalue weighted by molar-refractivity contribution is -0.116. The molecule has 0 aromatic heterocycles. The average molecular weight is 382 g/mol. The van der Waals surface area contributed by atoms with Crippen molar-refractivity contribution in [1.29, 1.82) is 0 Å². The molecule has 2 aromatic rings. The van der Waals surface area contributed by atoms with Gasteiger partial charge in [-0.3, -0.25) is 9.59 Å². The Balaban J connectivity index is 1.91. The second-order valence-corrected chi connectivity index (χ2v) is 6.40. The van der Waals surface area contributed by atoms with Gasteiger partial charge in [0.05, 0.1) is 12.2 Å². The van der Waals surface area contributed by atoms with Gasteiger partial charge in [0.15, 0.2) is 0 Å². The van der Waals surface area contributed by atoms with E-state index in [2.05, 4.69) is 10.6 Å². The minimum atomic E-state index is -0.378. The number of hydrogen-bond acceptors (Lipinski definition) is 4. The molecule has 0 radical (unpaired) electrons. The lowest BCUT2D eigenvalue weighted by atomic mass is 10.1. The van der Waals surface area contributed by atoms with Crippen LogP contribution in [-0.2, 0) is 9.53 Å². The Kier molecular flexibility index (Phi) is 8.21. The maximum atomic E-state index is 12.4. The van der Waals surface area contributed by atoms with Crippen LogP contribution in [0.25, 0.3) is 0 Å². The van der Waals surface area contributed by atoms with Crippen LogP contribution < -0.4 is 10.6 Å². The average Bonchev–Trinajstić information content (AvgIpc) is 2.71. The maximum absolute atomic E-state index is 12.4. The molecule has 6 nitrogen and oxygen atoms in total. The molecule has 0 fully saturated rings. The van der Waals surface area contributed by atoms with Gasteiger partial charge in [-0.15, -0.1) is 0 Å². The number of benzene rings is 2. The van der Waals surface area contributed by atoms with E-state index in [0.29, 0.717) is 35.5 Å². The van der Waals surface area contributed by atoms with Gasteiger partial charge in [-0.1, -0.05) is 20.3 Å². The van der Waals surface area contributed by atoms with E-state index in [4.69, 9.17) is 4.74 Å². The van der Waals surface area contributed by atoms with Crippen molar-refractivity contribution < 1.29 is 19.1 Å². The molecule has 28 heavy (non-hydrogen) atoms. The van der Waals surface area contributed by atoms with Gasteiger partial charge >= 0.3 is 5.97 Å². The molecule has 0 aliphatic heterocycles. The minimum absolute atomic E-state index is 0.0309. The maximum Gasteiger partial charge on any atom is 0.338 e. The lowest BCUT2D eigenvalue weighted by Gasteiger charge is -2.08. The summed E-state index contributed by atoms with van der Waals surface area (Å²) in [6.07, 6.45) is 3.07. The summed E-state index contributed by atoms with van der Waals surface area (Å²) in [5.41, 5.74) is 2.15. The van der Waals surface area contributed by atoms with Crippen molar-refractivity contribution in [1.82, 2.24) is 0 Å². The SMILES string of the molecule is CCCCC(=O)Nc1ccc(C(=O)Nc2ccc(C(=O)OCCC)cc2)cc1. The van der Waals surface area contributed by atoms with Gasteiger partial charge in [0.25, 0.3) is 5.91 Å². The molecule has 0 atom stereocenters. The number of nitrogens with one attached hydrogen (secondary N) is 2. The lowest BCUT2D eigenvalue weighted by Crippen LogP contribution is -2.13. The van der Waals surface area contributed by atoms with E-state index < -0.39 is 0 Å². The predicted molar refractivity (Wildman–Crippen MR) is 110 cm³/mol. The minimum Gasteiger partial charge on any atom is -0.462 e. The molecule has 0 saturated heterocycles. The quantitative estimate of drug-likeness (QED) is 0.619. The highest BCUT2D eigenvalue weighted by Crippen LogP contribution is 2.15. The first kappa shape index (κ1) is 21.2. The van der Waals surface area contributed by atoms with Crippen molar-refractivity contribution in [2.75, 3.05) is 17.2 Å². The smallest absolute Gasteiger partial charge is 0.338 e. The largest absolute Gasteiger partial charge is 0.462 e. The van der Waals surface area contributed by atoms with E-state index in [1.807, 2.05) is 13.8 Å². The van der Waals surface area contributed by atoms with E-state index in [-0.39, 0.29) is 17.8 Å². The molecular weight excluding hydrogens is 356 g/mol. The number of anilines is 2. The highest BCUT2D eigenvalue weighted by atomic mass is 16.5. The Morgan fingerprint density at radius 1 is 0.786 bits per heavy atom. The Labute approximate surface area is 165 Å². The third kappa shape index (κ3) is 6.54. The van der Waals surface area contributed by atoms with Gasteiger partial charge in [0.2, 0.25) is 5.91 Å². The number of unbranched alkanes of at least 4 members (excludes halogenated alkanes) is 1. The standard InChI is InChI=1S/C22H26N2O4/c1-3-5-6-20(25)23-18-11-7-16(8-12-18)21(26)24-19-13-9-17(10-14-19)22(27)28-15-4-2/h7-14H,3-6,15H2,1-2H3,(H,23,25)(H,24,26). The van der Waals surface area contributed by atoms with Crippen LogP contribution in [0.4, 0.5) is 11.4 Å².